The lowest BCUT2D eigenvalue weighted by Crippen LogP contribution is -2.39. The molecule has 7 nitrogen and oxygen atoms in total. The van der Waals surface area contributed by atoms with Crippen molar-refractivity contribution < 1.29 is 9.53 Å². The number of rotatable bonds is 7. The number of morpholine rings is 1. The van der Waals surface area contributed by atoms with Crippen LogP contribution in [0.15, 0.2) is 36.5 Å². The number of hydrogen-bond donors (Lipinski definition) is 0. The van der Waals surface area contributed by atoms with Crippen molar-refractivity contribution in [3.63, 3.8) is 0 Å². The largest absolute Gasteiger partial charge is 0.379 e. The number of para-hydroxylation sites is 1. The number of carbonyl (C=O) groups excluding carboxylic acids is 1. The summed E-state index contributed by atoms with van der Waals surface area (Å²) in [4.78, 5) is 22.4. The summed E-state index contributed by atoms with van der Waals surface area (Å²) in [5.74, 6) is -0.0442. The van der Waals surface area contributed by atoms with Crippen molar-refractivity contribution in [2.45, 2.75) is 26.3 Å². The third-order valence-corrected chi connectivity index (χ3v) is 6.16. The zero-order valence-electron chi connectivity index (χ0n) is 17.0. The van der Waals surface area contributed by atoms with Crippen molar-refractivity contribution in [2.24, 2.45) is 0 Å². The third kappa shape index (κ3) is 4.49. The van der Waals surface area contributed by atoms with Gasteiger partial charge in [0.2, 0.25) is 0 Å². The van der Waals surface area contributed by atoms with E-state index in [4.69, 9.17) is 9.72 Å². The van der Waals surface area contributed by atoms with Gasteiger partial charge in [-0.1, -0.05) is 23.5 Å². The highest BCUT2D eigenvalue weighted by Gasteiger charge is 2.25. The molecule has 0 saturated carbocycles. The van der Waals surface area contributed by atoms with Crippen molar-refractivity contribution >= 4 is 32.6 Å². The number of fused-ring (bicyclic) bond motifs is 1. The van der Waals surface area contributed by atoms with Crippen molar-refractivity contribution in [3.05, 3.63) is 42.2 Å². The van der Waals surface area contributed by atoms with Gasteiger partial charge in [0.15, 0.2) is 5.13 Å². The van der Waals surface area contributed by atoms with Crippen molar-refractivity contribution in [2.75, 3.05) is 44.3 Å². The summed E-state index contributed by atoms with van der Waals surface area (Å²) < 4.78 is 8.30. The van der Waals surface area contributed by atoms with Gasteiger partial charge < -0.3 is 4.74 Å². The SMILES string of the molecule is CC(C)n1nccc1C(=O)N(CCCN1CCOCC1)c1nc2ccccc2s1. The summed E-state index contributed by atoms with van der Waals surface area (Å²) >= 11 is 1.56. The quantitative estimate of drug-likeness (QED) is 0.594. The smallest absolute Gasteiger partial charge is 0.278 e. The first-order valence-corrected chi connectivity index (χ1v) is 11.0. The molecule has 0 radical (unpaired) electrons. The van der Waals surface area contributed by atoms with Crippen LogP contribution in [0.25, 0.3) is 10.2 Å². The van der Waals surface area contributed by atoms with E-state index in [0.717, 1.165) is 54.6 Å². The van der Waals surface area contributed by atoms with E-state index >= 15 is 0 Å². The summed E-state index contributed by atoms with van der Waals surface area (Å²) in [6.07, 6.45) is 2.58. The maximum Gasteiger partial charge on any atom is 0.278 e. The normalized spacial score (nSPS) is 15.3. The third-order valence-electron chi connectivity index (χ3n) is 5.10. The van der Waals surface area contributed by atoms with Gasteiger partial charge in [0.1, 0.15) is 5.69 Å². The molecule has 0 aliphatic carbocycles. The van der Waals surface area contributed by atoms with Gasteiger partial charge in [0, 0.05) is 38.4 Å². The summed E-state index contributed by atoms with van der Waals surface area (Å²) in [6, 6.07) is 9.93. The van der Waals surface area contributed by atoms with E-state index in [2.05, 4.69) is 10.00 Å². The van der Waals surface area contributed by atoms with Gasteiger partial charge >= 0.3 is 0 Å². The Morgan fingerprint density at radius 2 is 2.03 bits per heavy atom. The van der Waals surface area contributed by atoms with Crippen LogP contribution < -0.4 is 4.90 Å². The van der Waals surface area contributed by atoms with E-state index in [-0.39, 0.29) is 11.9 Å². The first-order chi connectivity index (χ1) is 14.1. The number of ether oxygens (including phenoxy) is 1. The maximum absolute atomic E-state index is 13.5. The van der Waals surface area contributed by atoms with Gasteiger partial charge in [-0.25, -0.2) is 4.98 Å². The van der Waals surface area contributed by atoms with Gasteiger partial charge in [-0.15, -0.1) is 0 Å². The van der Waals surface area contributed by atoms with Crippen LogP contribution in [-0.4, -0.2) is 65.0 Å². The molecule has 0 unspecified atom stereocenters. The molecule has 0 N–H and O–H groups in total. The van der Waals surface area contributed by atoms with Crippen LogP contribution in [0.2, 0.25) is 0 Å². The standard InChI is InChI=1S/C21H27N5O2S/c1-16(2)26-18(8-9-22-26)20(27)25(11-5-10-24-12-14-28-15-13-24)21-23-17-6-3-4-7-19(17)29-21/h3-4,6-9,16H,5,10-15H2,1-2H3. The lowest BCUT2D eigenvalue weighted by atomic mass is 10.3. The Balaban J connectivity index is 1.57. The predicted molar refractivity (Wildman–Crippen MR) is 116 cm³/mol. The molecule has 3 aromatic rings. The Bertz CT molecular complexity index is 928. The van der Waals surface area contributed by atoms with Crippen LogP contribution in [0.5, 0.6) is 0 Å². The monoisotopic (exact) mass is 413 g/mol. The summed E-state index contributed by atoms with van der Waals surface area (Å²) in [6.45, 7) is 9.11. The minimum absolute atomic E-state index is 0.0442. The van der Waals surface area contributed by atoms with E-state index in [9.17, 15) is 4.79 Å². The second-order valence-corrected chi connectivity index (χ2v) is 8.49. The van der Waals surface area contributed by atoms with Gasteiger partial charge in [-0.2, -0.15) is 5.10 Å². The zero-order valence-corrected chi connectivity index (χ0v) is 17.8. The highest BCUT2D eigenvalue weighted by atomic mass is 32.1. The van der Waals surface area contributed by atoms with Crippen molar-refractivity contribution in [3.8, 4) is 0 Å². The Hall–Kier alpha value is -2.29. The molecule has 29 heavy (non-hydrogen) atoms. The molecule has 154 valence electrons. The molecular weight excluding hydrogens is 386 g/mol. The Morgan fingerprint density at radius 1 is 1.24 bits per heavy atom. The topological polar surface area (TPSA) is 63.5 Å². The molecule has 1 fully saturated rings. The fraction of sp³-hybridized carbons (Fsp3) is 0.476. The molecule has 4 rings (SSSR count). The average Bonchev–Trinajstić information content (AvgIpc) is 3.38. The zero-order chi connectivity index (χ0) is 20.2. The molecule has 3 heterocycles. The Labute approximate surface area is 174 Å². The number of anilines is 1. The number of carbonyl (C=O) groups is 1. The second-order valence-electron chi connectivity index (χ2n) is 7.48. The van der Waals surface area contributed by atoms with Gasteiger partial charge in [0.05, 0.1) is 23.4 Å². The number of aromatic nitrogens is 3. The van der Waals surface area contributed by atoms with Crippen molar-refractivity contribution in [1.29, 1.82) is 0 Å². The fourth-order valence-corrected chi connectivity index (χ4v) is 4.56. The van der Waals surface area contributed by atoms with Gasteiger partial charge in [-0.05, 0) is 38.5 Å². The Morgan fingerprint density at radius 3 is 2.79 bits per heavy atom. The van der Waals surface area contributed by atoms with Crippen LogP contribution in [-0.2, 0) is 4.74 Å². The highest BCUT2D eigenvalue weighted by Crippen LogP contribution is 2.30. The molecule has 1 aliphatic heterocycles. The number of hydrogen-bond acceptors (Lipinski definition) is 6. The number of thiazole rings is 1. The minimum atomic E-state index is -0.0442. The molecule has 1 saturated heterocycles. The lowest BCUT2D eigenvalue weighted by Gasteiger charge is -2.28. The van der Waals surface area contributed by atoms with Crippen LogP contribution in [0.1, 0.15) is 36.8 Å². The number of benzene rings is 1. The lowest BCUT2D eigenvalue weighted by molar-refractivity contribution is 0.0376. The molecule has 2 aromatic heterocycles. The molecule has 1 aliphatic rings. The van der Waals surface area contributed by atoms with E-state index in [0.29, 0.717) is 12.2 Å². The number of amides is 1. The molecule has 1 amide bonds. The highest BCUT2D eigenvalue weighted by molar-refractivity contribution is 7.22. The van der Waals surface area contributed by atoms with Crippen LogP contribution in [0.3, 0.4) is 0 Å². The summed E-state index contributed by atoms with van der Waals surface area (Å²) in [7, 11) is 0. The van der Waals surface area contributed by atoms with E-state index in [1.807, 2.05) is 43.0 Å². The number of nitrogens with zero attached hydrogens (tertiary/aromatic N) is 5. The first kappa shape index (κ1) is 20.0. The first-order valence-electron chi connectivity index (χ1n) is 10.1. The van der Waals surface area contributed by atoms with Crippen LogP contribution >= 0.6 is 11.3 Å². The van der Waals surface area contributed by atoms with E-state index in [1.165, 1.54) is 0 Å². The van der Waals surface area contributed by atoms with E-state index in [1.54, 1.807) is 28.3 Å². The molecule has 0 atom stereocenters. The Kier molecular flexibility index (Phi) is 6.22. The van der Waals surface area contributed by atoms with Gasteiger partial charge in [0.25, 0.3) is 5.91 Å². The maximum atomic E-state index is 13.5. The second kappa shape index (κ2) is 9.02. The van der Waals surface area contributed by atoms with Crippen LogP contribution in [0.4, 0.5) is 5.13 Å². The molecule has 1 aromatic carbocycles. The minimum Gasteiger partial charge on any atom is -0.379 e. The van der Waals surface area contributed by atoms with Crippen molar-refractivity contribution in [1.82, 2.24) is 19.7 Å². The predicted octanol–water partition coefficient (Wildman–Crippen LogP) is 3.44. The molecule has 0 bridgehead atoms. The molecule has 8 heteroatoms. The summed E-state index contributed by atoms with van der Waals surface area (Å²) in [5, 5.41) is 5.08. The molecule has 0 spiro atoms. The van der Waals surface area contributed by atoms with Gasteiger partial charge in [-0.3, -0.25) is 19.3 Å². The summed E-state index contributed by atoms with van der Waals surface area (Å²) in [5.41, 5.74) is 1.53. The van der Waals surface area contributed by atoms with Crippen LogP contribution in [0, 0.1) is 0 Å². The molecular formula is C21H27N5O2S. The average molecular weight is 414 g/mol. The van der Waals surface area contributed by atoms with E-state index < -0.39 is 0 Å². The fourth-order valence-electron chi connectivity index (χ4n) is 3.57.